The van der Waals surface area contributed by atoms with Crippen molar-refractivity contribution in [2.45, 2.75) is 25.3 Å². The minimum atomic E-state index is -1.05. The Morgan fingerprint density at radius 3 is 2.95 bits per heavy atom. The van der Waals surface area contributed by atoms with E-state index in [0.29, 0.717) is 37.4 Å². The van der Waals surface area contributed by atoms with Gasteiger partial charge in [-0.1, -0.05) is 0 Å². The molecule has 114 valence electrons. The van der Waals surface area contributed by atoms with Crippen molar-refractivity contribution >= 4 is 29.2 Å². The average molecular weight is 312 g/mol. The van der Waals surface area contributed by atoms with Gasteiger partial charge in [0.2, 0.25) is 5.91 Å². The molecule has 1 aromatic heterocycles. The standard InChI is InChI=1S/C12H16N4O4S/c17-9-2-1-7(5-14-9)15-12(20)13-4-3-10-16-8(6-21-10)11(18)19/h6-7H,1-5H2,(H,14,17)(H,18,19)(H2,13,15,20). The van der Waals surface area contributed by atoms with E-state index in [4.69, 9.17) is 5.11 Å². The number of hydrogen-bond acceptors (Lipinski definition) is 5. The summed E-state index contributed by atoms with van der Waals surface area (Å²) < 4.78 is 0. The molecule has 4 N–H and O–H groups in total. The molecule has 3 amide bonds. The lowest BCUT2D eigenvalue weighted by Crippen LogP contribution is -2.50. The molecule has 1 aromatic rings. The minimum absolute atomic E-state index is 0.00598. The number of aromatic carboxylic acids is 1. The van der Waals surface area contributed by atoms with Crippen molar-refractivity contribution in [3.8, 4) is 0 Å². The Morgan fingerprint density at radius 2 is 2.33 bits per heavy atom. The van der Waals surface area contributed by atoms with Crippen LogP contribution >= 0.6 is 11.3 Å². The number of nitrogens with zero attached hydrogens (tertiary/aromatic N) is 1. The molecule has 1 fully saturated rings. The van der Waals surface area contributed by atoms with Gasteiger partial charge in [-0.25, -0.2) is 14.6 Å². The van der Waals surface area contributed by atoms with E-state index in [9.17, 15) is 14.4 Å². The highest BCUT2D eigenvalue weighted by molar-refractivity contribution is 7.09. The summed E-state index contributed by atoms with van der Waals surface area (Å²) in [6, 6.07) is -0.354. The first-order chi connectivity index (χ1) is 10.0. The van der Waals surface area contributed by atoms with Crippen LogP contribution in [0.1, 0.15) is 28.3 Å². The van der Waals surface area contributed by atoms with Gasteiger partial charge in [-0.05, 0) is 6.42 Å². The summed E-state index contributed by atoms with van der Waals surface area (Å²) in [7, 11) is 0. The van der Waals surface area contributed by atoms with E-state index in [1.807, 2.05) is 0 Å². The highest BCUT2D eigenvalue weighted by Gasteiger charge is 2.19. The molecule has 2 rings (SSSR count). The zero-order chi connectivity index (χ0) is 15.2. The van der Waals surface area contributed by atoms with Crippen molar-refractivity contribution in [3.05, 3.63) is 16.1 Å². The smallest absolute Gasteiger partial charge is 0.355 e. The fraction of sp³-hybridized carbons (Fsp3) is 0.500. The Balaban J connectivity index is 1.66. The zero-order valence-corrected chi connectivity index (χ0v) is 12.0. The monoisotopic (exact) mass is 312 g/mol. The molecule has 0 aliphatic carbocycles. The third kappa shape index (κ3) is 4.71. The minimum Gasteiger partial charge on any atom is -0.476 e. The van der Waals surface area contributed by atoms with Crippen molar-refractivity contribution in [3.63, 3.8) is 0 Å². The SMILES string of the molecule is O=C1CCC(NC(=O)NCCc2nc(C(=O)O)cs2)CN1. The van der Waals surface area contributed by atoms with Crippen molar-refractivity contribution in [1.29, 1.82) is 0 Å². The number of rotatable bonds is 5. The second-order valence-corrected chi connectivity index (χ2v) is 5.56. The highest BCUT2D eigenvalue weighted by atomic mass is 32.1. The van der Waals surface area contributed by atoms with Gasteiger partial charge in [0, 0.05) is 37.4 Å². The molecule has 0 saturated carbocycles. The molecular weight excluding hydrogens is 296 g/mol. The molecule has 0 aromatic carbocycles. The lowest BCUT2D eigenvalue weighted by molar-refractivity contribution is -0.122. The van der Waals surface area contributed by atoms with Crippen LogP contribution in [-0.4, -0.2) is 47.1 Å². The molecule has 1 aliphatic rings. The molecule has 1 atom stereocenters. The van der Waals surface area contributed by atoms with Crippen molar-refractivity contribution < 1.29 is 19.5 Å². The van der Waals surface area contributed by atoms with Crippen LogP contribution in [0.15, 0.2) is 5.38 Å². The van der Waals surface area contributed by atoms with E-state index >= 15 is 0 Å². The number of hydrogen-bond donors (Lipinski definition) is 4. The van der Waals surface area contributed by atoms with E-state index < -0.39 is 5.97 Å². The predicted octanol–water partition coefficient (Wildman–Crippen LogP) is -0.0384. The summed E-state index contributed by atoms with van der Waals surface area (Å²) in [4.78, 5) is 37.2. The van der Waals surface area contributed by atoms with Gasteiger partial charge in [-0.15, -0.1) is 11.3 Å². The van der Waals surface area contributed by atoms with Crippen LogP contribution in [0, 0.1) is 0 Å². The Morgan fingerprint density at radius 1 is 1.52 bits per heavy atom. The number of nitrogens with one attached hydrogen (secondary N) is 3. The molecular formula is C12H16N4O4S. The number of piperidine rings is 1. The van der Waals surface area contributed by atoms with Gasteiger partial charge in [-0.3, -0.25) is 4.79 Å². The van der Waals surface area contributed by atoms with Crippen LogP contribution in [0.25, 0.3) is 0 Å². The van der Waals surface area contributed by atoms with Gasteiger partial charge < -0.3 is 21.1 Å². The number of urea groups is 1. The van der Waals surface area contributed by atoms with Crippen molar-refractivity contribution in [2.75, 3.05) is 13.1 Å². The summed E-state index contributed by atoms with van der Waals surface area (Å²) in [6.07, 6.45) is 1.53. The summed E-state index contributed by atoms with van der Waals surface area (Å²) in [5, 5.41) is 19.0. The predicted molar refractivity (Wildman–Crippen MR) is 75.3 cm³/mol. The van der Waals surface area contributed by atoms with Gasteiger partial charge in [0.1, 0.15) is 0 Å². The molecule has 0 spiro atoms. The zero-order valence-electron chi connectivity index (χ0n) is 11.2. The van der Waals surface area contributed by atoms with Crippen LogP contribution in [0.5, 0.6) is 0 Å². The van der Waals surface area contributed by atoms with Crippen LogP contribution in [0.4, 0.5) is 4.79 Å². The largest absolute Gasteiger partial charge is 0.476 e. The first-order valence-corrected chi connectivity index (χ1v) is 7.41. The lowest BCUT2D eigenvalue weighted by Gasteiger charge is -2.23. The number of carbonyl (C=O) groups is 3. The fourth-order valence-corrected chi connectivity index (χ4v) is 2.67. The number of carboxylic acids is 1. The molecule has 0 radical (unpaired) electrons. The van der Waals surface area contributed by atoms with Crippen molar-refractivity contribution in [1.82, 2.24) is 20.9 Å². The second kappa shape index (κ2) is 7.02. The van der Waals surface area contributed by atoms with E-state index in [1.165, 1.54) is 16.7 Å². The highest BCUT2D eigenvalue weighted by Crippen LogP contribution is 2.09. The topological polar surface area (TPSA) is 120 Å². The maximum absolute atomic E-state index is 11.7. The maximum Gasteiger partial charge on any atom is 0.355 e. The quantitative estimate of drug-likeness (QED) is 0.608. The normalized spacial score (nSPS) is 17.9. The van der Waals surface area contributed by atoms with Crippen LogP contribution < -0.4 is 16.0 Å². The van der Waals surface area contributed by atoms with E-state index in [0.717, 1.165) is 0 Å². The molecule has 1 saturated heterocycles. The fourth-order valence-electron chi connectivity index (χ4n) is 1.90. The number of thiazole rings is 1. The third-order valence-electron chi connectivity index (χ3n) is 3.00. The average Bonchev–Trinajstić information content (AvgIpc) is 2.90. The first-order valence-electron chi connectivity index (χ1n) is 6.53. The maximum atomic E-state index is 11.7. The molecule has 9 heteroatoms. The van der Waals surface area contributed by atoms with Crippen LogP contribution in [-0.2, 0) is 11.2 Å². The molecule has 1 unspecified atom stereocenters. The molecule has 21 heavy (non-hydrogen) atoms. The Labute approximate surface area is 124 Å². The van der Waals surface area contributed by atoms with E-state index in [2.05, 4.69) is 20.9 Å². The third-order valence-corrected chi connectivity index (χ3v) is 3.90. The van der Waals surface area contributed by atoms with Crippen LogP contribution in [0.2, 0.25) is 0 Å². The van der Waals surface area contributed by atoms with Gasteiger partial charge in [0.15, 0.2) is 5.69 Å². The molecule has 0 bridgehead atoms. The Bertz CT molecular complexity index is 535. The molecule has 1 aliphatic heterocycles. The number of aromatic nitrogens is 1. The van der Waals surface area contributed by atoms with Crippen LogP contribution in [0.3, 0.4) is 0 Å². The lowest BCUT2D eigenvalue weighted by atomic mass is 10.1. The number of carbonyl (C=O) groups excluding carboxylic acids is 2. The second-order valence-electron chi connectivity index (χ2n) is 4.62. The molecule has 2 heterocycles. The van der Waals surface area contributed by atoms with Gasteiger partial charge >= 0.3 is 12.0 Å². The van der Waals surface area contributed by atoms with Crippen molar-refractivity contribution in [2.24, 2.45) is 0 Å². The summed E-state index contributed by atoms with van der Waals surface area (Å²) in [5.41, 5.74) is 0.0254. The summed E-state index contributed by atoms with van der Waals surface area (Å²) >= 11 is 1.25. The summed E-state index contributed by atoms with van der Waals surface area (Å²) in [6.45, 7) is 0.818. The number of carboxylic acid groups (broad SMARTS) is 1. The Hall–Kier alpha value is -2.16. The number of amides is 3. The Kier molecular flexibility index (Phi) is 5.09. The summed E-state index contributed by atoms with van der Waals surface area (Å²) in [5.74, 6) is -1.05. The first kappa shape index (κ1) is 15.2. The van der Waals surface area contributed by atoms with Gasteiger partial charge in [0.05, 0.1) is 5.01 Å². The van der Waals surface area contributed by atoms with Gasteiger partial charge in [-0.2, -0.15) is 0 Å². The molecule has 8 nitrogen and oxygen atoms in total. The van der Waals surface area contributed by atoms with E-state index in [1.54, 1.807) is 0 Å². The van der Waals surface area contributed by atoms with E-state index in [-0.39, 0.29) is 23.7 Å². The van der Waals surface area contributed by atoms with Gasteiger partial charge in [0.25, 0.3) is 0 Å².